The molecule has 54 heavy (non-hydrogen) atoms. The number of hydrogen-bond acceptors (Lipinski definition) is 15. The largest absolute Gasteiger partial charge is 0.459 e. The number of aliphatic hydroxyl groups excluding tert-OH is 3. The van der Waals surface area contributed by atoms with Crippen molar-refractivity contribution in [2.24, 2.45) is 29.4 Å². The second kappa shape index (κ2) is 19.1. The number of esters is 1. The lowest BCUT2D eigenvalue weighted by atomic mass is 9.72. The predicted molar refractivity (Wildman–Crippen MR) is 202 cm³/mol. The highest BCUT2D eigenvalue weighted by Gasteiger charge is 2.53. The fraction of sp³-hybridized carbons (Fsp3) is 0.974. The average molecular weight is 778 g/mol. The highest BCUT2D eigenvalue weighted by Crippen LogP contribution is 2.41. The van der Waals surface area contributed by atoms with Crippen LogP contribution in [0.4, 0.5) is 0 Å². The number of carbonyl (C=O) groups is 1. The van der Waals surface area contributed by atoms with Crippen LogP contribution in [-0.4, -0.2) is 161 Å². The summed E-state index contributed by atoms with van der Waals surface area (Å²) >= 11 is 0. The van der Waals surface area contributed by atoms with E-state index in [1.807, 2.05) is 46.7 Å². The highest BCUT2D eigenvalue weighted by atomic mass is 16.7. The molecule has 0 bridgehead atoms. The molecule has 3 aliphatic heterocycles. The molecule has 15 nitrogen and oxygen atoms in total. The summed E-state index contributed by atoms with van der Waals surface area (Å²) in [5, 5.41) is 62.3. The monoisotopic (exact) mass is 778 g/mol. The minimum atomic E-state index is -1.85. The van der Waals surface area contributed by atoms with Crippen LogP contribution in [0.1, 0.15) is 94.9 Å². The van der Waals surface area contributed by atoms with E-state index in [1.165, 1.54) is 14.0 Å². The van der Waals surface area contributed by atoms with Crippen molar-refractivity contribution in [3.8, 4) is 0 Å². The number of nitrogens with zero attached hydrogens (tertiary/aromatic N) is 1. The Morgan fingerprint density at radius 1 is 0.944 bits per heavy atom. The topological polar surface area (TPSA) is 215 Å². The summed E-state index contributed by atoms with van der Waals surface area (Å²) in [6, 6.07) is -0.747. The molecule has 3 heterocycles. The van der Waals surface area contributed by atoms with Gasteiger partial charge in [0, 0.05) is 50.5 Å². The first-order valence-corrected chi connectivity index (χ1v) is 19.9. The quantitative estimate of drug-likeness (QED) is 0.155. The average Bonchev–Trinajstić information content (AvgIpc) is 3.09. The number of likely N-dealkylation sites (N-methyl/N-ethyl adjacent to an activating group) is 1. The zero-order valence-electron chi connectivity index (χ0n) is 35.1. The van der Waals surface area contributed by atoms with E-state index in [0.717, 1.165) is 0 Å². The van der Waals surface area contributed by atoms with Crippen molar-refractivity contribution >= 4 is 5.97 Å². The predicted octanol–water partition coefficient (Wildman–Crippen LogP) is 1.13. The molecule has 0 amide bonds. The first-order valence-electron chi connectivity index (χ1n) is 19.9. The van der Waals surface area contributed by atoms with Gasteiger partial charge in [0.1, 0.15) is 23.9 Å². The van der Waals surface area contributed by atoms with Crippen molar-refractivity contribution in [3.05, 3.63) is 0 Å². The van der Waals surface area contributed by atoms with Crippen LogP contribution in [0.5, 0.6) is 0 Å². The SMILES string of the molecule is CC[C@H]1OC(=O)[C@H](C)[C@@H](OC2CC(C)(OC)C(O)C(C)O2)C(C)[C@@H](OC2OC(C)CC(N(C)C)C2O)[C@](C)(O)C[C@@H](C)[C@H](NCCN)[C@H](C)[C@@H](O)[C@]1(C)O. The van der Waals surface area contributed by atoms with Crippen LogP contribution in [0.3, 0.4) is 0 Å². The van der Waals surface area contributed by atoms with E-state index in [1.54, 1.807) is 34.6 Å². The summed E-state index contributed by atoms with van der Waals surface area (Å²) in [5.41, 5.74) is 1.38. The van der Waals surface area contributed by atoms with Crippen LogP contribution in [0, 0.1) is 23.7 Å². The minimum Gasteiger partial charge on any atom is -0.459 e. The minimum absolute atomic E-state index is 0.121. The lowest BCUT2D eigenvalue weighted by Crippen LogP contribution is -2.62. The van der Waals surface area contributed by atoms with Gasteiger partial charge in [-0.05, 0) is 80.8 Å². The zero-order chi connectivity index (χ0) is 41.1. The van der Waals surface area contributed by atoms with Crippen molar-refractivity contribution < 1.29 is 58.7 Å². The van der Waals surface area contributed by atoms with E-state index in [0.29, 0.717) is 19.5 Å². The molecule has 3 aliphatic rings. The first-order chi connectivity index (χ1) is 25.0. The summed E-state index contributed by atoms with van der Waals surface area (Å²) in [7, 11) is 5.26. The van der Waals surface area contributed by atoms with Gasteiger partial charge in [-0.1, -0.05) is 27.7 Å². The molecule has 9 unspecified atom stereocenters. The molecule has 0 aliphatic carbocycles. The molecule has 0 aromatic rings. The molecule has 8 N–H and O–H groups in total. The number of nitrogens with two attached hydrogens (primary N) is 1. The van der Waals surface area contributed by atoms with Crippen LogP contribution in [0.25, 0.3) is 0 Å². The maximum Gasteiger partial charge on any atom is 0.311 e. The molecule has 3 fully saturated rings. The van der Waals surface area contributed by atoms with E-state index in [2.05, 4.69) is 5.32 Å². The molecule has 3 saturated heterocycles. The molecular weight excluding hydrogens is 702 g/mol. The van der Waals surface area contributed by atoms with Crippen molar-refractivity contribution in [1.29, 1.82) is 0 Å². The Kier molecular flexibility index (Phi) is 16.8. The lowest BCUT2D eigenvalue weighted by Gasteiger charge is -2.49. The van der Waals surface area contributed by atoms with Gasteiger partial charge in [-0.2, -0.15) is 0 Å². The number of ether oxygens (including phenoxy) is 6. The number of rotatable bonds is 10. The normalized spacial score (nSPS) is 49.0. The van der Waals surface area contributed by atoms with Crippen LogP contribution in [-0.2, 0) is 33.2 Å². The Morgan fingerprint density at radius 2 is 1.57 bits per heavy atom. The van der Waals surface area contributed by atoms with Gasteiger partial charge in [0.25, 0.3) is 0 Å². The van der Waals surface area contributed by atoms with Crippen molar-refractivity contribution in [2.75, 3.05) is 34.3 Å². The number of carbonyl (C=O) groups excluding carboxylic acids is 1. The van der Waals surface area contributed by atoms with Crippen LogP contribution in [0.15, 0.2) is 0 Å². The molecule has 0 saturated carbocycles. The van der Waals surface area contributed by atoms with Crippen LogP contribution >= 0.6 is 0 Å². The Morgan fingerprint density at radius 3 is 2.13 bits per heavy atom. The smallest absolute Gasteiger partial charge is 0.311 e. The third-order valence-corrected chi connectivity index (χ3v) is 12.6. The summed E-state index contributed by atoms with van der Waals surface area (Å²) in [6.07, 6.45) is -8.62. The van der Waals surface area contributed by atoms with E-state index in [-0.39, 0.29) is 37.3 Å². The molecule has 0 aromatic carbocycles. The Bertz CT molecular complexity index is 1180. The molecule has 0 radical (unpaired) electrons. The molecule has 19 atom stereocenters. The molecule has 15 heteroatoms. The fourth-order valence-corrected chi connectivity index (χ4v) is 9.24. The summed E-state index contributed by atoms with van der Waals surface area (Å²) < 4.78 is 37.7. The number of methoxy groups -OCH3 is 1. The van der Waals surface area contributed by atoms with Gasteiger partial charge in [0.2, 0.25) is 0 Å². The van der Waals surface area contributed by atoms with Gasteiger partial charge >= 0.3 is 5.97 Å². The number of cyclic esters (lactones) is 1. The zero-order valence-corrected chi connectivity index (χ0v) is 35.1. The Hall–Kier alpha value is -1.05. The molecule has 3 rings (SSSR count). The highest BCUT2D eigenvalue weighted by molar-refractivity contribution is 5.73. The van der Waals surface area contributed by atoms with E-state index in [9.17, 15) is 30.3 Å². The van der Waals surface area contributed by atoms with Crippen molar-refractivity contribution in [1.82, 2.24) is 10.2 Å². The van der Waals surface area contributed by atoms with Gasteiger partial charge in [-0.3, -0.25) is 4.79 Å². The molecule has 0 aromatic heterocycles. The van der Waals surface area contributed by atoms with Gasteiger partial charge in [0.05, 0.1) is 47.6 Å². The lowest BCUT2D eigenvalue weighted by molar-refractivity contribution is -0.318. The summed E-state index contributed by atoms with van der Waals surface area (Å²) in [6.45, 7) is 18.2. The second-order valence-corrected chi connectivity index (χ2v) is 17.5. The van der Waals surface area contributed by atoms with Gasteiger partial charge in [-0.15, -0.1) is 0 Å². The first kappa shape index (κ1) is 47.3. The van der Waals surface area contributed by atoms with E-state index in [4.69, 9.17) is 34.2 Å². The van der Waals surface area contributed by atoms with E-state index < -0.39 is 102 Å². The van der Waals surface area contributed by atoms with Gasteiger partial charge in [0.15, 0.2) is 12.6 Å². The maximum absolute atomic E-state index is 14.3. The number of aliphatic hydroxyl groups is 5. The van der Waals surface area contributed by atoms with Gasteiger partial charge < -0.3 is 69.9 Å². The third kappa shape index (κ3) is 10.5. The molecule has 318 valence electrons. The van der Waals surface area contributed by atoms with Crippen molar-refractivity contribution in [2.45, 2.75) is 185 Å². The van der Waals surface area contributed by atoms with Crippen molar-refractivity contribution in [3.63, 3.8) is 0 Å². The number of hydrogen-bond donors (Lipinski definition) is 7. The number of nitrogens with one attached hydrogen (secondary N) is 1. The summed E-state index contributed by atoms with van der Waals surface area (Å²) in [4.78, 5) is 16.2. The van der Waals surface area contributed by atoms with Crippen LogP contribution in [0.2, 0.25) is 0 Å². The fourth-order valence-electron chi connectivity index (χ4n) is 9.24. The molecular formula is C39H75N3O12. The maximum atomic E-state index is 14.3. The van der Waals surface area contributed by atoms with Gasteiger partial charge in [-0.25, -0.2) is 0 Å². The third-order valence-electron chi connectivity index (χ3n) is 12.6. The van der Waals surface area contributed by atoms with Crippen LogP contribution < -0.4 is 11.1 Å². The summed E-state index contributed by atoms with van der Waals surface area (Å²) in [5.74, 6) is -3.41. The second-order valence-electron chi connectivity index (χ2n) is 17.5. The van der Waals surface area contributed by atoms with E-state index >= 15 is 0 Å². The Labute approximate surface area is 323 Å². The standard InChI is InChI=1S/C39H75N3O12/c1-14-27-39(10,48)32(44)22(4)29(41-16-15-40)20(2)18-37(8,47)34(54-36-30(43)26(42(11)12)17-21(3)50-36)23(5)31(24(6)35(46)52-27)53-28-19-38(9,49-13)33(45)25(7)51-28/h20-34,36,41,43-45,47-48H,14-19,40H2,1-13H3/t20-,21?,22+,23?,24-,25?,26?,27-,28?,29+,30?,31+,32-,33?,34-,36?,37-,38?,39-/m1/s1. The Balaban J connectivity index is 2.22. The molecule has 0 spiro atoms.